The summed E-state index contributed by atoms with van der Waals surface area (Å²) in [7, 11) is 0. The third-order valence-corrected chi connectivity index (χ3v) is 9.40. The number of nitriles is 1. The van der Waals surface area contributed by atoms with E-state index in [1.54, 1.807) is 9.47 Å². The van der Waals surface area contributed by atoms with Gasteiger partial charge in [-0.1, -0.05) is 68.4 Å². The Kier molecular flexibility index (Phi) is 8.43. The van der Waals surface area contributed by atoms with Crippen molar-refractivity contribution >= 4 is 51.8 Å². The number of nitrogens with zero attached hydrogens (tertiary/aromatic N) is 5. The summed E-state index contributed by atoms with van der Waals surface area (Å²) in [5, 5.41) is 9.97. The minimum atomic E-state index is -0.250. The molecule has 3 heterocycles. The third kappa shape index (κ3) is 5.37. The highest BCUT2D eigenvalue weighted by molar-refractivity contribution is 8.26. The molecule has 0 atom stereocenters. The summed E-state index contributed by atoms with van der Waals surface area (Å²) < 4.78 is 2.38. The molecule has 3 aliphatic rings. The van der Waals surface area contributed by atoms with Crippen molar-refractivity contribution in [3.8, 4) is 6.07 Å². The Morgan fingerprint density at radius 3 is 2.38 bits per heavy atom. The molecule has 1 amide bonds. The Morgan fingerprint density at radius 1 is 1.08 bits per heavy atom. The fourth-order valence-corrected chi connectivity index (χ4v) is 7.29. The molecular weight excluding hydrogens is 526 g/mol. The molecular formula is C30H35N5O2S2. The van der Waals surface area contributed by atoms with Crippen LogP contribution in [0.1, 0.15) is 62.1 Å². The van der Waals surface area contributed by atoms with E-state index in [-0.39, 0.29) is 23.1 Å². The van der Waals surface area contributed by atoms with E-state index < -0.39 is 0 Å². The number of thioether (sulfide) groups is 1. The minimum Gasteiger partial charge on any atom is -0.368 e. The van der Waals surface area contributed by atoms with Gasteiger partial charge in [0.25, 0.3) is 11.5 Å². The number of rotatable bonds is 7. The van der Waals surface area contributed by atoms with Gasteiger partial charge in [0, 0.05) is 50.0 Å². The lowest BCUT2D eigenvalue weighted by molar-refractivity contribution is -0.123. The molecule has 0 bridgehead atoms. The molecule has 0 N–H and O–H groups in total. The van der Waals surface area contributed by atoms with Gasteiger partial charge in [-0.15, -0.1) is 0 Å². The number of aromatic nitrogens is 1. The molecule has 7 nitrogen and oxygen atoms in total. The van der Waals surface area contributed by atoms with E-state index >= 15 is 0 Å². The van der Waals surface area contributed by atoms with Crippen LogP contribution in [0.4, 0.5) is 11.5 Å². The maximum absolute atomic E-state index is 13.6. The Hall–Kier alpha value is -3.09. The Balaban J connectivity index is 1.57. The average Bonchev–Trinajstić information content (AvgIpc) is 3.57. The van der Waals surface area contributed by atoms with Gasteiger partial charge in [0.05, 0.1) is 4.91 Å². The number of thiocarbonyl (C=S) groups is 1. The third-order valence-electron chi connectivity index (χ3n) is 8.07. The molecule has 9 heteroatoms. The standard InChI is InChI=1S/C30H35N5O2S2/c1-3-4-14-34-27(33-17-15-32(16-18-33)22-10-6-5-7-11-22)24(21(2)25(20-31)28(34)36)19-26-29(37)35(30(38)39-26)23-12-8-9-13-23/h5-7,10-11,19,23H,3-4,8-9,12-18H2,1-2H3. The summed E-state index contributed by atoms with van der Waals surface area (Å²) in [6, 6.07) is 12.7. The van der Waals surface area contributed by atoms with Crippen LogP contribution in [0.25, 0.3) is 6.08 Å². The first kappa shape index (κ1) is 27.5. The highest BCUT2D eigenvalue weighted by Gasteiger charge is 2.38. The van der Waals surface area contributed by atoms with Gasteiger partial charge in [-0.2, -0.15) is 5.26 Å². The largest absolute Gasteiger partial charge is 0.368 e. The fraction of sp³-hybridized carbons (Fsp3) is 0.467. The van der Waals surface area contributed by atoms with E-state index in [1.807, 2.05) is 31.2 Å². The van der Waals surface area contributed by atoms with Crippen molar-refractivity contribution in [2.24, 2.45) is 0 Å². The van der Waals surface area contributed by atoms with Crippen molar-refractivity contribution < 1.29 is 4.79 Å². The number of carbonyl (C=O) groups excluding carboxylic acids is 1. The van der Waals surface area contributed by atoms with Crippen molar-refractivity contribution in [1.29, 1.82) is 5.26 Å². The quantitative estimate of drug-likeness (QED) is 0.336. The van der Waals surface area contributed by atoms with Crippen molar-refractivity contribution in [2.75, 3.05) is 36.0 Å². The number of hydrogen-bond donors (Lipinski definition) is 0. The molecule has 2 aromatic rings. The highest BCUT2D eigenvalue weighted by Crippen LogP contribution is 2.39. The van der Waals surface area contributed by atoms with Gasteiger partial charge >= 0.3 is 0 Å². The first-order chi connectivity index (χ1) is 18.9. The van der Waals surface area contributed by atoms with E-state index in [0.717, 1.165) is 76.1 Å². The molecule has 1 aliphatic carbocycles. The summed E-state index contributed by atoms with van der Waals surface area (Å²) in [6.45, 7) is 7.55. The zero-order valence-electron chi connectivity index (χ0n) is 22.7. The topological polar surface area (TPSA) is 72.6 Å². The molecule has 0 radical (unpaired) electrons. The van der Waals surface area contributed by atoms with Crippen LogP contribution in [-0.4, -0.2) is 51.9 Å². The van der Waals surface area contributed by atoms with Gasteiger partial charge in [0.1, 0.15) is 21.8 Å². The lowest BCUT2D eigenvalue weighted by atomic mass is 10.0. The number of benzene rings is 1. The zero-order valence-corrected chi connectivity index (χ0v) is 24.3. The van der Waals surface area contributed by atoms with Crippen LogP contribution in [0, 0.1) is 18.3 Å². The first-order valence-corrected chi connectivity index (χ1v) is 15.2. The van der Waals surface area contributed by atoms with Gasteiger partial charge in [-0.3, -0.25) is 19.1 Å². The number of pyridine rings is 1. The SMILES string of the molecule is CCCCn1c(N2CCN(c3ccccc3)CC2)c(C=C2SC(=S)N(C3CCCC3)C2=O)c(C)c(C#N)c1=O. The number of para-hydroxylation sites is 1. The summed E-state index contributed by atoms with van der Waals surface area (Å²) in [6.07, 6.45) is 7.85. The molecule has 0 spiro atoms. The van der Waals surface area contributed by atoms with E-state index in [2.05, 4.69) is 34.9 Å². The maximum atomic E-state index is 13.6. The van der Waals surface area contributed by atoms with E-state index in [4.69, 9.17) is 12.2 Å². The summed E-state index contributed by atoms with van der Waals surface area (Å²) in [4.78, 5) is 34.2. The number of unbranched alkanes of at least 4 members (excludes halogenated alkanes) is 1. The van der Waals surface area contributed by atoms with Crippen molar-refractivity contribution in [2.45, 2.75) is 65.0 Å². The highest BCUT2D eigenvalue weighted by atomic mass is 32.2. The first-order valence-electron chi connectivity index (χ1n) is 13.9. The summed E-state index contributed by atoms with van der Waals surface area (Å²) >= 11 is 6.99. The van der Waals surface area contributed by atoms with Gasteiger partial charge in [-0.25, -0.2) is 0 Å². The smallest absolute Gasteiger partial charge is 0.270 e. The molecule has 0 unspecified atom stereocenters. The Labute approximate surface area is 240 Å². The monoisotopic (exact) mass is 561 g/mol. The average molecular weight is 562 g/mol. The van der Waals surface area contributed by atoms with Crippen LogP contribution in [0.2, 0.25) is 0 Å². The second-order valence-corrected chi connectivity index (χ2v) is 12.1. The van der Waals surface area contributed by atoms with Crippen LogP contribution < -0.4 is 15.4 Å². The lowest BCUT2D eigenvalue weighted by Gasteiger charge is -2.39. The molecule has 1 aromatic heterocycles. The summed E-state index contributed by atoms with van der Waals surface area (Å²) in [5.74, 6) is 0.754. The predicted molar refractivity (Wildman–Crippen MR) is 163 cm³/mol. The normalized spacial score (nSPS) is 19.4. The van der Waals surface area contributed by atoms with Crippen molar-refractivity contribution in [3.63, 3.8) is 0 Å². The fourth-order valence-electron chi connectivity index (χ4n) is 5.91. The van der Waals surface area contributed by atoms with Gasteiger partial charge in [0.15, 0.2) is 0 Å². The number of piperazine rings is 1. The molecule has 39 heavy (non-hydrogen) atoms. The van der Waals surface area contributed by atoms with Crippen molar-refractivity contribution in [1.82, 2.24) is 9.47 Å². The number of amides is 1. The molecule has 2 aliphatic heterocycles. The maximum Gasteiger partial charge on any atom is 0.270 e. The van der Waals surface area contributed by atoms with Crippen LogP contribution >= 0.6 is 24.0 Å². The number of hydrogen-bond acceptors (Lipinski definition) is 7. The molecule has 1 saturated carbocycles. The zero-order chi connectivity index (χ0) is 27.5. The van der Waals surface area contributed by atoms with Crippen LogP contribution in [0.5, 0.6) is 0 Å². The molecule has 2 saturated heterocycles. The van der Waals surface area contributed by atoms with Crippen LogP contribution in [-0.2, 0) is 11.3 Å². The van der Waals surface area contributed by atoms with Gasteiger partial charge in [-0.05, 0) is 50.0 Å². The number of carbonyl (C=O) groups is 1. The van der Waals surface area contributed by atoms with E-state index in [9.17, 15) is 14.9 Å². The van der Waals surface area contributed by atoms with Crippen LogP contribution in [0.3, 0.4) is 0 Å². The van der Waals surface area contributed by atoms with Gasteiger partial charge < -0.3 is 9.80 Å². The van der Waals surface area contributed by atoms with E-state index in [1.165, 1.54) is 17.4 Å². The second-order valence-electron chi connectivity index (χ2n) is 10.5. The Morgan fingerprint density at radius 2 is 1.74 bits per heavy atom. The molecule has 5 rings (SSSR count). The van der Waals surface area contributed by atoms with E-state index in [0.29, 0.717) is 21.3 Å². The molecule has 1 aromatic carbocycles. The molecule has 204 valence electrons. The molecule has 3 fully saturated rings. The summed E-state index contributed by atoms with van der Waals surface area (Å²) in [5.41, 5.74) is 2.49. The van der Waals surface area contributed by atoms with Crippen LogP contribution in [0.15, 0.2) is 40.0 Å². The second kappa shape index (κ2) is 12.0. The van der Waals surface area contributed by atoms with Gasteiger partial charge in [0.2, 0.25) is 0 Å². The minimum absolute atomic E-state index is 0.0547. The van der Waals surface area contributed by atoms with Crippen molar-refractivity contribution in [3.05, 3.63) is 62.3 Å². The lowest BCUT2D eigenvalue weighted by Crippen LogP contribution is -2.48. The number of anilines is 2. The predicted octanol–water partition coefficient (Wildman–Crippen LogP) is 5.30. The Bertz CT molecular complexity index is 1380.